The Hall–Kier alpha value is -1.20. The number of hydrogen-bond donors (Lipinski definition) is 1. The zero-order valence-corrected chi connectivity index (χ0v) is 13.8. The Balaban J connectivity index is 2.13. The molecule has 2 N–H and O–H groups in total. The average Bonchev–Trinajstić information content (AvgIpc) is 2.79. The van der Waals surface area contributed by atoms with Gasteiger partial charge in [0.05, 0.1) is 0 Å². The van der Waals surface area contributed by atoms with Gasteiger partial charge >= 0.3 is 0 Å². The molecule has 0 aliphatic rings. The molecule has 1 atom stereocenters. The molecule has 0 bridgehead atoms. The minimum atomic E-state index is -0.0584. The number of hydrogen-bond acceptors (Lipinski definition) is 3. The van der Waals surface area contributed by atoms with Crippen LogP contribution in [0.25, 0.3) is 0 Å². The zero-order chi connectivity index (χ0) is 14.7. The number of rotatable bonds is 5. The van der Waals surface area contributed by atoms with Gasteiger partial charge in [-0.25, -0.2) is 9.67 Å². The van der Waals surface area contributed by atoms with Gasteiger partial charge in [0.2, 0.25) is 0 Å². The van der Waals surface area contributed by atoms with Crippen LogP contribution in [-0.4, -0.2) is 14.8 Å². The van der Waals surface area contributed by atoms with Crippen molar-refractivity contribution in [2.24, 2.45) is 11.7 Å². The van der Waals surface area contributed by atoms with Crippen molar-refractivity contribution in [2.75, 3.05) is 0 Å². The second-order valence-electron chi connectivity index (χ2n) is 5.57. The maximum absolute atomic E-state index is 6.31. The molecular formula is C15H21BrN4. The van der Waals surface area contributed by atoms with Crippen molar-refractivity contribution in [2.45, 2.75) is 39.8 Å². The summed E-state index contributed by atoms with van der Waals surface area (Å²) in [7, 11) is 0. The van der Waals surface area contributed by atoms with Gasteiger partial charge in [-0.2, -0.15) is 5.10 Å². The molecule has 2 rings (SSSR count). The predicted molar refractivity (Wildman–Crippen MR) is 84.4 cm³/mol. The third kappa shape index (κ3) is 3.67. The summed E-state index contributed by atoms with van der Waals surface area (Å²) in [6.07, 6.45) is 2.31. The first kappa shape index (κ1) is 15.2. The van der Waals surface area contributed by atoms with Crippen LogP contribution in [0.4, 0.5) is 0 Å². The first-order chi connectivity index (χ1) is 9.47. The van der Waals surface area contributed by atoms with Gasteiger partial charge in [-0.15, -0.1) is 0 Å². The van der Waals surface area contributed by atoms with E-state index in [0.29, 0.717) is 12.3 Å². The van der Waals surface area contributed by atoms with E-state index in [0.717, 1.165) is 22.4 Å². The normalized spacial score (nSPS) is 12.9. The lowest BCUT2D eigenvalue weighted by atomic mass is 10.0. The fraction of sp³-hybridized carbons (Fsp3) is 0.467. The number of aryl methyl sites for hydroxylation is 1. The molecule has 0 aliphatic carbocycles. The summed E-state index contributed by atoms with van der Waals surface area (Å²) in [6, 6.07) is 6.17. The third-order valence-electron chi connectivity index (χ3n) is 3.25. The summed E-state index contributed by atoms with van der Waals surface area (Å²) in [4.78, 5) is 4.34. The van der Waals surface area contributed by atoms with E-state index in [1.807, 2.05) is 10.7 Å². The number of aromatic nitrogens is 3. The van der Waals surface area contributed by atoms with Crippen molar-refractivity contribution in [1.29, 1.82) is 0 Å². The number of benzene rings is 1. The van der Waals surface area contributed by atoms with Crippen LogP contribution in [0.5, 0.6) is 0 Å². The van der Waals surface area contributed by atoms with Crippen molar-refractivity contribution in [3.63, 3.8) is 0 Å². The molecule has 0 saturated carbocycles. The molecule has 1 aromatic heterocycles. The predicted octanol–water partition coefficient (Wildman–Crippen LogP) is 3.25. The molecule has 0 spiro atoms. The Kier molecular flexibility index (Phi) is 4.94. The molecule has 0 fully saturated rings. The molecule has 5 heteroatoms. The summed E-state index contributed by atoms with van der Waals surface area (Å²) < 4.78 is 3.06. The summed E-state index contributed by atoms with van der Waals surface area (Å²) >= 11 is 3.51. The number of nitrogens with two attached hydrogens (primary N) is 1. The molecule has 0 aliphatic heterocycles. The summed E-state index contributed by atoms with van der Waals surface area (Å²) in [6.45, 7) is 7.29. The van der Waals surface area contributed by atoms with E-state index in [9.17, 15) is 0 Å². The topological polar surface area (TPSA) is 56.7 Å². The fourth-order valence-corrected chi connectivity index (χ4v) is 2.40. The van der Waals surface area contributed by atoms with E-state index in [4.69, 9.17) is 5.73 Å². The van der Waals surface area contributed by atoms with Crippen molar-refractivity contribution in [3.05, 3.63) is 46.0 Å². The molecule has 4 nitrogen and oxygen atoms in total. The molecule has 0 saturated heterocycles. The Labute approximate surface area is 128 Å². The molecule has 0 radical (unpaired) electrons. The highest BCUT2D eigenvalue weighted by Crippen LogP contribution is 2.22. The van der Waals surface area contributed by atoms with Gasteiger partial charge in [0.15, 0.2) is 0 Å². The van der Waals surface area contributed by atoms with E-state index in [1.54, 1.807) is 6.33 Å². The van der Waals surface area contributed by atoms with Crippen LogP contribution in [0, 0.1) is 12.8 Å². The molecule has 1 heterocycles. The molecule has 108 valence electrons. The van der Waals surface area contributed by atoms with E-state index in [2.05, 4.69) is 58.9 Å². The zero-order valence-electron chi connectivity index (χ0n) is 12.2. The van der Waals surface area contributed by atoms with Gasteiger partial charge in [0.1, 0.15) is 12.2 Å². The Morgan fingerprint density at radius 3 is 2.75 bits per heavy atom. The minimum absolute atomic E-state index is 0.0584. The van der Waals surface area contributed by atoms with E-state index in [1.165, 1.54) is 5.56 Å². The van der Waals surface area contributed by atoms with Crippen LogP contribution in [0.2, 0.25) is 0 Å². The largest absolute Gasteiger partial charge is 0.324 e. The molecule has 20 heavy (non-hydrogen) atoms. The smallest absolute Gasteiger partial charge is 0.138 e. The van der Waals surface area contributed by atoms with Crippen molar-refractivity contribution < 1.29 is 0 Å². The second kappa shape index (κ2) is 6.50. The Morgan fingerprint density at radius 1 is 1.35 bits per heavy atom. The average molecular weight is 337 g/mol. The highest BCUT2D eigenvalue weighted by Gasteiger charge is 2.13. The first-order valence-corrected chi connectivity index (χ1v) is 7.65. The number of nitrogens with zero attached hydrogens (tertiary/aromatic N) is 3. The van der Waals surface area contributed by atoms with Crippen molar-refractivity contribution >= 4 is 15.9 Å². The van der Waals surface area contributed by atoms with Gasteiger partial charge in [-0.05, 0) is 30.0 Å². The van der Waals surface area contributed by atoms with Crippen LogP contribution in [0.15, 0.2) is 29.0 Å². The minimum Gasteiger partial charge on any atom is -0.324 e. The fourth-order valence-electron chi connectivity index (χ4n) is 2.16. The summed E-state index contributed by atoms with van der Waals surface area (Å²) in [5.74, 6) is 1.49. The van der Waals surface area contributed by atoms with E-state index >= 15 is 0 Å². The second-order valence-corrected chi connectivity index (χ2v) is 6.43. The SMILES string of the molecule is Cc1cc(C(N)Cc2ncnn2CC(C)C)ccc1Br. The molecule has 2 aromatic rings. The monoisotopic (exact) mass is 336 g/mol. The Morgan fingerprint density at radius 2 is 2.10 bits per heavy atom. The van der Waals surface area contributed by atoms with Gasteiger partial charge in [0, 0.05) is 23.5 Å². The molecule has 1 unspecified atom stereocenters. The lowest BCUT2D eigenvalue weighted by Gasteiger charge is -2.14. The van der Waals surface area contributed by atoms with Gasteiger partial charge in [-0.1, -0.05) is 41.9 Å². The van der Waals surface area contributed by atoms with Gasteiger partial charge in [0.25, 0.3) is 0 Å². The first-order valence-electron chi connectivity index (χ1n) is 6.85. The lowest BCUT2D eigenvalue weighted by molar-refractivity contribution is 0.459. The van der Waals surface area contributed by atoms with Crippen LogP contribution in [-0.2, 0) is 13.0 Å². The maximum atomic E-state index is 6.31. The summed E-state index contributed by atoms with van der Waals surface area (Å²) in [5.41, 5.74) is 8.63. The molecule has 1 aromatic carbocycles. The van der Waals surface area contributed by atoms with Crippen molar-refractivity contribution in [3.8, 4) is 0 Å². The molecule has 0 amide bonds. The van der Waals surface area contributed by atoms with E-state index < -0.39 is 0 Å². The standard InChI is InChI=1S/C15H21BrN4/c1-10(2)8-20-15(18-9-19-20)7-14(17)12-4-5-13(16)11(3)6-12/h4-6,9-10,14H,7-8,17H2,1-3H3. The highest BCUT2D eigenvalue weighted by atomic mass is 79.9. The van der Waals surface area contributed by atoms with Crippen LogP contribution >= 0.6 is 15.9 Å². The quantitative estimate of drug-likeness (QED) is 0.911. The van der Waals surface area contributed by atoms with E-state index in [-0.39, 0.29) is 6.04 Å². The maximum Gasteiger partial charge on any atom is 0.138 e. The Bertz CT molecular complexity index is 577. The number of halogens is 1. The lowest BCUT2D eigenvalue weighted by Crippen LogP contribution is -2.18. The van der Waals surface area contributed by atoms with Gasteiger partial charge in [-0.3, -0.25) is 0 Å². The van der Waals surface area contributed by atoms with Crippen molar-refractivity contribution in [1.82, 2.24) is 14.8 Å². The van der Waals surface area contributed by atoms with Gasteiger partial charge < -0.3 is 5.73 Å². The van der Waals surface area contributed by atoms with Crippen LogP contribution in [0.3, 0.4) is 0 Å². The third-order valence-corrected chi connectivity index (χ3v) is 4.14. The summed E-state index contributed by atoms with van der Waals surface area (Å²) in [5, 5.41) is 4.28. The molecular weight excluding hydrogens is 316 g/mol. The van der Waals surface area contributed by atoms with Crippen LogP contribution < -0.4 is 5.73 Å². The highest BCUT2D eigenvalue weighted by molar-refractivity contribution is 9.10. The van der Waals surface area contributed by atoms with Crippen LogP contribution in [0.1, 0.15) is 36.8 Å².